The second kappa shape index (κ2) is 5.44. The lowest BCUT2D eigenvalue weighted by Crippen LogP contribution is -2.13. The molecule has 0 bridgehead atoms. The fraction of sp³-hybridized carbons (Fsp3) is 0.600. The predicted octanol–water partition coefficient (Wildman–Crippen LogP) is 4.17. The summed E-state index contributed by atoms with van der Waals surface area (Å²) in [7, 11) is 0. The van der Waals surface area contributed by atoms with Gasteiger partial charge < -0.3 is 10.2 Å². The van der Waals surface area contributed by atoms with Gasteiger partial charge in [-0.15, -0.1) is 0 Å². The van der Waals surface area contributed by atoms with Gasteiger partial charge >= 0.3 is 0 Å². The van der Waals surface area contributed by atoms with Gasteiger partial charge in [-0.25, -0.2) is 0 Å². The van der Waals surface area contributed by atoms with Crippen molar-refractivity contribution in [2.24, 2.45) is 5.92 Å². The molecule has 2 nitrogen and oxygen atoms in total. The number of benzene rings is 1. The van der Waals surface area contributed by atoms with Gasteiger partial charge in [-0.1, -0.05) is 25.8 Å². The van der Waals surface area contributed by atoms with E-state index in [1.54, 1.807) is 12.1 Å². The van der Waals surface area contributed by atoms with E-state index in [9.17, 15) is 10.2 Å². The van der Waals surface area contributed by atoms with E-state index in [0.717, 1.165) is 5.92 Å². The second-order valence-corrected chi connectivity index (χ2v) is 5.25. The van der Waals surface area contributed by atoms with E-state index < -0.39 is 0 Å². The zero-order valence-electron chi connectivity index (χ0n) is 10.5. The summed E-state index contributed by atoms with van der Waals surface area (Å²) in [6.45, 7) is 2.25. The Morgan fingerprint density at radius 3 is 2.35 bits per heavy atom. The minimum atomic E-state index is -0.0200. The average Bonchev–Trinajstić information content (AvgIpc) is 2.34. The molecule has 2 N–H and O–H groups in total. The Kier molecular flexibility index (Phi) is 3.93. The molecule has 0 aliphatic heterocycles. The second-order valence-electron chi connectivity index (χ2n) is 5.25. The molecule has 1 aromatic carbocycles. The molecule has 0 amide bonds. The van der Waals surface area contributed by atoms with Crippen molar-refractivity contribution in [2.75, 3.05) is 0 Å². The topological polar surface area (TPSA) is 40.5 Å². The molecular formula is C15H22O2. The standard InChI is InChI=1S/C15H22O2/c1-2-3-11-4-6-12(7-5-11)13-8-9-14(16)15(17)10-13/h8-12,16-17H,2-7H2,1H3. The lowest BCUT2D eigenvalue weighted by atomic mass is 9.77. The average molecular weight is 234 g/mol. The molecule has 0 spiro atoms. The van der Waals surface area contributed by atoms with Crippen LogP contribution in [0.1, 0.15) is 56.9 Å². The fourth-order valence-electron chi connectivity index (χ4n) is 2.99. The lowest BCUT2D eigenvalue weighted by Gasteiger charge is -2.28. The number of rotatable bonds is 3. The summed E-state index contributed by atoms with van der Waals surface area (Å²) < 4.78 is 0. The van der Waals surface area contributed by atoms with Crippen LogP contribution in [0.5, 0.6) is 11.5 Å². The first-order valence-electron chi connectivity index (χ1n) is 6.72. The van der Waals surface area contributed by atoms with Crippen molar-refractivity contribution < 1.29 is 10.2 Å². The van der Waals surface area contributed by atoms with Crippen LogP contribution in [0.25, 0.3) is 0 Å². The van der Waals surface area contributed by atoms with E-state index in [2.05, 4.69) is 6.92 Å². The molecule has 17 heavy (non-hydrogen) atoms. The van der Waals surface area contributed by atoms with Gasteiger partial charge in [0, 0.05) is 0 Å². The third-order valence-electron chi connectivity index (χ3n) is 4.01. The van der Waals surface area contributed by atoms with Crippen LogP contribution in [-0.4, -0.2) is 10.2 Å². The molecule has 1 aliphatic carbocycles. The first kappa shape index (κ1) is 12.3. The van der Waals surface area contributed by atoms with Crippen molar-refractivity contribution >= 4 is 0 Å². The molecule has 0 unspecified atom stereocenters. The van der Waals surface area contributed by atoms with Crippen molar-refractivity contribution in [1.82, 2.24) is 0 Å². The van der Waals surface area contributed by atoms with Gasteiger partial charge in [0.05, 0.1) is 0 Å². The smallest absolute Gasteiger partial charge is 0.157 e. The monoisotopic (exact) mass is 234 g/mol. The van der Waals surface area contributed by atoms with Crippen LogP contribution in [0.4, 0.5) is 0 Å². The van der Waals surface area contributed by atoms with E-state index in [1.165, 1.54) is 44.1 Å². The highest BCUT2D eigenvalue weighted by atomic mass is 16.3. The molecule has 2 rings (SSSR count). The Morgan fingerprint density at radius 2 is 1.76 bits per heavy atom. The maximum absolute atomic E-state index is 9.52. The number of aromatic hydroxyl groups is 2. The third-order valence-corrected chi connectivity index (χ3v) is 4.01. The molecule has 0 aromatic heterocycles. The van der Waals surface area contributed by atoms with Crippen LogP contribution in [0.15, 0.2) is 18.2 Å². The number of hydrogen-bond acceptors (Lipinski definition) is 2. The van der Waals surface area contributed by atoms with Crippen LogP contribution in [0.3, 0.4) is 0 Å². The fourth-order valence-corrected chi connectivity index (χ4v) is 2.99. The van der Waals surface area contributed by atoms with Gasteiger partial charge in [0.1, 0.15) is 0 Å². The normalized spacial score (nSPS) is 24.8. The van der Waals surface area contributed by atoms with Gasteiger partial charge in [0.2, 0.25) is 0 Å². The molecule has 1 fully saturated rings. The maximum Gasteiger partial charge on any atom is 0.157 e. The molecule has 94 valence electrons. The molecule has 1 aliphatic rings. The Balaban J connectivity index is 1.98. The first-order chi connectivity index (χ1) is 8.20. The highest BCUT2D eigenvalue weighted by molar-refractivity contribution is 5.41. The zero-order chi connectivity index (χ0) is 12.3. The molecular weight excluding hydrogens is 212 g/mol. The van der Waals surface area contributed by atoms with E-state index in [0.29, 0.717) is 5.92 Å². The molecule has 0 atom stereocenters. The van der Waals surface area contributed by atoms with Crippen LogP contribution in [0.2, 0.25) is 0 Å². The minimum absolute atomic E-state index is 0.0122. The van der Waals surface area contributed by atoms with Crippen LogP contribution in [0, 0.1) is 5.92 Å². The summed E-state index contributed by atoms with van der Waals surface area (Å²) in [5.74, 6) is 1.46. The van der Waals surface area contributed by atoms with Gasteiger partial charge in [-0.05, 0) is 55.2 Å². The highest BCUT2D eigenvalue weighted by Crippen LogP contribution is 2.39. The number of phenolic OH excluding ortho intramolecular Hbond substituents is 2. The minimum Gasteiger partial charge on any atom is -0.504 e. The Hall–Kier alpha value is -1.18. The summed E-state index contributed by atoms with van der Waals surface area (Å²) >= 11 is 0. The van der Waals surface area contributed by atoms with Crippen LogP contribution in [-0.2, 0) is 0 Å². The van der Waals surface area contributed by atoms with Crippen molar-refractivity contribution in [1.29, 1.82) is 0 Å². The van der Waals surface area contributed by atoms with E-state index >= 15 is 0 Å². The molecule has 0 saturated heterocycles. The molecule has 2 heteroatoms. The Morgan fingerprint density at radius 1 is 1.06 bits per heavy atom. The predicted molar refractivity (Wildman–Crippen MR) is 69.4 cm³/mol. The Bertz CT molecular complexity index is 365. The van der Waals surface area contributed by atoms with E-state index in [1.807, 2.05) is 6.07 Å². The lowest BCUT2D eigenvalue weighted by molar-refractivity contribution is 0.307. The van der Waals surface area contributed by atoms with Crippen LogP contribution < -0.4 is 0 Å². The SMILES string of the molecule is CCCC1CCC(c2ccc(O)c(O)c2)CC1. The molecule has 0 heterocycles. The molecule has 1 aromatic rings. The maximum atomic E-state index is 9.52. The van der Waals surface area contributed by atoms with Crippen LogP contribution >= 0.6 is 0 Å². The number of hydrogen-bond donors (Lipinski definition) is 2. The Labute approximate surface area is 103 Å². The van der Waals surface area contributed by atoms with E-state index in [-0.39, 0.29) is 11.5 Å². The zero-order valence-corrected chi connectivity index (χ0v) is 10.5. The first-order valence-corrected chi connectivity index (χ1v) is 6.72. The summed E-state index contributed by atoms with van der Waals surface area (Å²) in [5, 5.41) is 18.8. The van der Waals surface area contributed by atoms with Gasteiger partial charge in [0.25, 0.3) is 0 Å². The summed E-state index contributed by atoms with van der Waals surface area (Å²) in [6.07, 6.45) is 7.69. The quantitative estimate of drug-likeness (QED) is 0.770. The summed E-state index contributed by atoms with van der Waals surface area (Å²) in [5.41, 5.74) is 1.18. The van der Waals surface area contributed by atoms with Crippen molar-refractivity contribution in [3.05, 3.63) is 23.8 Å². The van der Waals surface area contributed by atoms with Crippen molar-refractivity contribution in [2.45, 2.75) is 51.4 Å². The molecule has 1 saturated carbocycles. The van der Waals surface area contributed by atoms with Gasteiger partial charge in [-0.2, -0.15) is 0 Å². The highest BCUT2D eigenvalue weighted by Gasteiger charge is 2.22. The largest absolute Gasteiger partial charge is 0.504 e. The van der Waals surface area contributed by atoms with E-state index in [4.69, 9.17) is 0 Å². The summed E-state index contributed by atoms with van der Waals surface area (Å²) in [4.78, 5) is 0. The van der Waals surface area contributed by atoms with Gasteiger partial charge in [0.15, 0.2) is 11.5 Å². The van der Waals surface area contributed by atoms with Crippen molar-refractivity contribution in [3.8, 4) is 11.5 Å². The third kappa shape index (κ3) is 2.93. The number of phenols is 2. The van der Waals surface area contributed by atoms with Crippen molar-refractivity contribution in [3.63, 3.8) is 0 Å². The van der Waals surface area contributed by atoms with Gasteiger partial charge in [-0.3, -0.25) is 0 Å². The molecule has 0 radical (unpaired) electrons. The summed E-state index contributed by atoms with van der Waals surface area (Å²) in [6, 6.07) is 5.27.